The zero-order chi connectivity index (χ0) is 7.56. The Morgan fingerprint density at radius 1 is 1.70 bits per heavy atom. The quantitative estimate of drug-likeness (QED) is 0.728. The van der Waals surface area contributed by atoms with Crippen molar-refractivity contribution in [1.82, 2.24) is 4.98 Å². The number of hydrogen-bond donors (Lipinski definition) is 0. The van der Waals surface area contributed by atoms with E-state index in [1.807, 2.05) is 0 Å². The molecule has 0 saturated heterocycles. The number of ether oxygens (including phenoxy) is 1. The SMILES string of the molecule is COc1cc(Br)c(Cl)cn1. The third-order valence-electron chi connectivity index (χ3n) is 0.993. The van der Waals surface area contributed by atoms with Crippen LogP contribution in [0.1, 0.15) is 0 Å². The van der Waals surface area contributed by atoms with Crippen molar-refractivity contribution in [2.24, 2.45) is 0 Å². The molecule has 0 aliphatic rings. The largest absolute Gasteiger partial charge is 0.481 e. The van der Waals surface area contributed by atoms with Gasteiger partial charge < -0.3 is 4.74 Å². The van der Waals surface area contributed by atoms with Gasteiger partial charge in [-0.1, -0.05) is 11.6 Å². The van der Waals surface area contributed by atoms with Crippen LogP contribution in [-0.4, -0.2) is 12.1 Å². The predicted molar refractivity (Wildman–Crippen MR) is 43.5 cm³/mol. The van der Waals surface area contributed by atoms with Gasteiger partial charge in [0, 0.05) is 10.5 Å². The van der Waals surface area contributed by atoms with Gasteiger partial charge in [0.05, 0.1) is 18.3 Å². The molecule has 1 aromatic rings. The van der Waals surface area contributed by atoms with Crippen LogP contribution in [0.4, 0.5) is 0 Å². The zero-order valence-electron chi connectivity index (χ0n) is 5.27. The number of halogens is 2. The fourth-order valence-electron chi connectivity index (χ4n) is 0.508. The lowest BCUT2D eigenvalue weighted by Crippen LogP contribution is -1.85. The molecule has 0 aliphatic heterocycles. The average Bonchev–Trinajstić information content (AvgIpc) is 1.95. The second kappa shape index (κ2) is 3.21. The first-order valence-corrected chi connectivity index (χ1v) is 3.76. The molecule has 0 saturated carbocycles. The van der Waals surface area contributed by atoms with Gasteiger partial charge in [0.2, 0.25) is 5.88 Å². The van der Waals surface area contributed by atoms with Crippen LogP contribution in [0, 0.1) is 0 Å². The molecule has 0 fully saturated rings. The topological polar surface area (TPSA) is 22.1 Å². The average molecular weight is 222 g/mol. The van der Waals surface area contributed by atoms with E-state index in [9.17, 15) is 0 Å². The van der Waals surface area contributed by atoms with Crippen molar-refractivity contribution in [3.8, 4) is 5.88 Å². The minimum atomic E-state index is 0.552. The first-order valence-electron chi connectivity index (χ1n) is 2.59. The maximum absolute atomic E-state index is 5.67. The summed E-state index contributed by atoms with van der Waals surface area (Å²) in [5.74, 6) is 0.552. The van der Waals surface area contributed by atoms with Crippen LogP contribution < -0.4 is 4.74 Å². The Hall–Kier alpha value is -0.280. The molecular formula is C6H5BrClNO. The molecular weight excluding hydrogens is 217 g/mol. The summed E-state index contributed by atoms with van der Waals surface area (Å²) < 4.78 is 5.64. The van der Waals surface area contributed by atoms with E-state index in [0.29, 0.717) is 10.9 Å². The smallest absolute Gasteiger partial charge is 0.214 e. The highest BCUT2D eigenvalue weighted by Crippen LogP contribution is 2.23. The van der Waals surface area contributed by atoms with Crippen LogP contribution in [0.2, 0.25) is 5.02 Å². The molecule has 0 unspecified atom stereocenters. The Balaban J connectivity index is 3.04. The highest BCUT2D eigenvalue weighted by molar-refractivity contribution is 9.10. The maximum atomic E-state index is 5.67. The summed E-state index contributed by atoms with van der Waals surface area (Å²) >= 11 is 8.91. The van der Waals surface area contributed by atoms with Crippen LogP contribution >= 0.6 is 27.5 Å². The highest BCUT2D eigenvalue weighted by atomic mass is 79.9. The van der Waals surface area contributed by atoms with Gasteiger partial charge in [-0.2, -0.15) is 0 Å². The molecule has 0 amide bonds. The molecule has 1 aromatic heterocycles. The Morgan fingerprint density at radius 3 is 2.90 bits per heavy atom. The van der Waals surface area contributed by atoms with Gasteiger partial charge in [0.1, 0.15) is 0 Å². The molecule has 10 heavy (non-hydrogen) atoms. The first kappa shape index (κ1) is 7.82. The predicted octanol–water partition coefficient (Wildman–Crippen LogP) is 2.51. The van der Waals surface area contributed by atoms with Gasteiger partial charge in [0.15, 0.2) is 0 Å². The lowest BCUT2D eigenvalue weighted by molar-refractivity contribution is 0.397. The van der Waals surface area contributed by atoms with Gasteiger partial charge >= 0.3 is 0 Å². The number of rotatable bonds is 1. The summed E-state index contributed by atoms with van der Waals surface area (Å²) in [5, 5.41) is 0.584. The molecule has 1 rings (SSSR count). The van der Waals surface area contributed by atoms with Gasteiger partial charge in [-0.25, -0.2) is 4.98 Å². The van der Waals surface area contributed by atoms with Crippen molar-refractivity contribution < 1.29 is 4.74 Å². The van der Waals surface area contributed by atoms with Crippen LogP contribution in [0.5, 0.6) is 5.88 Å². The van der Waals surface area contributed by atoms with Crippen molar-refractivity contribution in [1.29, 1.82) is 0 Å². The van der Waals surface area contributed by atoms with Crippen molar-refractivity contribution in [3.05, 3.63) is 21.8 Å². The second-order valence-electron chi connectivity index (χ2n) is 1.64. The lowest BCUT2D eigenvalue weighted by atomic mass is 10.5. The van der Waals surface area contributed by atoms with Gasteiger partial charge in [-0.15, -0.1) is 0 Å². The van der Waals surface area contributed by atoms with E-state index in [1.165, 1.54) is 6.20 Å². The van der Waals surface area contributed by atoms with Crippen molar-refractivity contribution in [3.63, 3.8) is 0 Å². The lowest BCUT2D eigenvalue weighted by Gasteiger charge is -1.98. The van der Waals surface area contributed by atoms with E-state index in [1.54, 1.807) is 13.2 Å². The fourth-order valence-corrected chi connectivity index (χ4v) is 0.910. The number of nitrogens with zero attached hydrogens (tertiary/aromatic N) is 1. The Morgan fingerprint density at radius 2 is 2.40 bits per heavy atom. The standard InChI is InChI=1S/C6H5BrClNO/c1-10-6-2-4(7)5(8)3-9-6/h2-3H,1H3. The molecule has 2 nitrogen and oxygen atoms in total. The Labute approximate surface area is 72.3 Å². The normalized spacial score (nSPS) is 9.50. The fraction of sp³-hybridized carbons (Fsp3) is 0.167. The minimum Gasteiger partial charge on any atom is -0.481 e. The monoisotopic (exact) mass is 221 g/mol. The Kier molecular flexibility index (Phi) is 2.51. The molecule has 0 radical (unpaired) electrons. The van der Waals surface area contributed by atoms with E-state index in [4.69, 9.17) is 16.3 Å². The summed E-state index contributed by atoms with van der Waals surface area (Å²) in [6.07, 6.45) is 1.53. The van der Waals surface area contributed by atoms with E-state index in [0.717, 1.165) is 4.47 Å². The van der Waals surface area contributed by atoms with Crippen molar-refractivity contribution >= 4 is 27.5 Å². The van der Waals surface area contributed by atoms with Crippen LogP contribution in [-0.2, 0) is 0 Å². The summed E-state index contributed by atoms with van der Waals surface area (Å²) in [6, 6.07) is 1.71. The van der Waals surface area contributed by atoms with Crippen molar-refractivity contribution in [2.75, 3.05) is 7.11 Å². The van der Waals surface area contributed by atoms with Crippen molar-refractivity contribution in [2.45, 2.75) is 0 Å². The van der Waals surface area contributed by atoms with Gasteiger partial charge in [-0.05, 0) is 15.9 Å². The number of hydrogen-bond acceptors (Lipinski definition) is 2. The summed E-state index contributed by atoms with van der Waals surface area (Å²) in [6.45, 7) is 0. The highest BCUT2D eigenvalue weighted by Gasteiger charge is 1.98. The molecule has 0 atom stereocenters. The summed E-state index contributed by atoms with van der Waals surface area (Å²) in [5.41, 5.74) is 0. The third-order valence-corrected chi connectivity index (χ3v) is 2.18. The van der Waals surface area contributed by atoms with Gasteiger partial charge in [0.25, 0.3) is 0 Å². The van der Waals surface area contributed by atoms with E-state index >= 15 is 0 Å². The molecule has 4 heteroatoms. The molecule has 0 spiro atoms. The first-order chi connectivity index (χ1) is 4.74. The summed E-state index contributed by atoms with van der Waals surface area (Å²) in [7, 11) is 1.56. The van der Waals surface area contributed by atoms with Crippen LogP contribution in [0.25, 0.3) is 0 Å². The molecule has 0 aromatic carbocycles. The molecule has 54 valence electrons. The molecule has 0 aliphatic carbocycles. The number of methoxy groups -OCH3 is 1. The summed E-state index contributed by atoms with van der Waals surface area (Å²) in [4.78, 5) is 3.87. The maximum Gasteiger partial charge on any atom is 0.214 e. The third kappa shape index (κ3) is 1.61. The molecule has 0 N–H and O–H groups in total. The molecule has 1 heterocycles. The minimum absolute atomic E-state index is 0.552. The number of pyridine rings is 1. The van der Waals surface area contributed by atoms with E-state index in [2.05, 4.69) is 20.9 Å². The van der Waals surface area contributed by atoms with E-state index < -0.39 is 0 Å². The zero-order valence-corrected chi connectivity index (χ0v) is 7.61. The van der Waals surface area contributed by atoms with Crippen LogP contribution in [0.3, 0.4) is 0 Å². The second-order valence-corrected chi connectivity index (χ2v) is 2.90. The van der Waals surface area contributed by atoms with E-state index in [-0.39, 0.29) is 0 Å². The van der Waals surface area contributed by atoms with Gasteiger partial charge in [-0.3, -0.25) is 0 Å². The van der Waals surface area contributed by atoms with Crippen LogP contribution in [0.15, 0.2) is 16.7 Å². The Bertz CT molecular complexity index is 241. The molecule has 0 bridgehead atoms. The number of aromatic nitrogens is 1.